The Labute approximate surface area is 81.8 Å². The maximum atomic E-state index is 4.28. The average molecular weight is 189 g/mol. The third kappa shape index (κ3) is 1.44. The van der Waals surface area contributed by atoms with Crippen LogP contribution < -0.4 is 5.32 Å². The molecule has 0 saturated carbocycles. The van der Waals surface area contributed by atoms with Crippen molar-refractivity contribution in [3.05, 3.63) is 24.4 Å². The van der Waals surface area contributed by atoms with E-state index >= 15 is 0 Å². The first-order valence-electron chi connectivity index (χ1n) is 4.31. The summed E-state index contributed by atoms with van der Waals surface area (Å²) in [5, 5.41) is 7.18. The summed E-state index contributed by atoms with van der Waals surface area (Å²) >= 11 is 0. The highest BCUT2D eigenvalue weighted by molar-refractivity contribution is 5.50. The second-order valence-corrected chi connectivity index (χ2v) is 2.85. The first-order chi connectivity index (χ1) is 6.81. The summed E-state index contributed by atoms with van der Waals surface area (Å²) in [7, 11) is 3.65. The first kappa shape index (κ1) is 8.68. The molecular formula is C9H11N5. The molecule has 0 fully saturated rings. The van der Waals surface area contributed by atoms with Crippen molar-refractivity contribution in [3.8, 4) is 11.5 Å². The Morgan fingerprint density at radius 1 is 1.36 bits per heavy atom. The molecule has 0 unspecified atom stereocenters. The van der Waals surface area contributed by atoms with E-state index in [0.29, 0.717) is 5.82 Å². The van der Waals surface area contributed by atoms with Crippen LogP contribution in [0.25, 0.3) is 11.5 Å². The Hall–Kier alpha value is -1.91. The minimum atomic E-state index is 0.637. The fourth-order valence-electron chi connectivity index (χ4n) is 1.21. The van der Waals surface area contributed by atoms with E-state index in [2.05, 4.69) is 20.4 Å². The third-order valence-corrected chi connectivity index (χ3v) is 1.88. The van der Waals surface area contributed by atoms with Crippen LogP contribution in [-0.2, 0) is 7.05 Å². The molecule has 2 aromatic rings. The van der Waals surface area contributed by atoms with Crippen LogP contribution in [0.2, 0.25) is 0 Å². The van der Waals surface area contributed by atoms with Gasteiger partial charge >= 0.3 is 0 Å². The van der Waals surface area contributed by atoms with Gasteiger partial charge in [0.05, 0.1) is 0 Å². The molecule has 2 rings (SSSR count). The van der Waals surface area contributed by atoms with Gasteiger partial charge in [-0.25, -0.2) is 4.68 Å². The standard InChI is InChI=1S/C9H11N5/c1-10-9-12-8(13-14(9)2)7-5-3-4-6-11-7/h3-6H,1-2H3,(H,10,12,13). The highest BCUT2D eigenvalue weighted by Crippen LogP contribution is 2.13. The normalized spacial score (nSPS) is 10.1. The molecule has 0 aliphatic rings. The van der Waals surface area contributed by atoms with Crippen molar-refractivity contribution < 1.29 is 0 Å². The van der Waals surface area contributed by atoms with Gasteiger partial charge in [-0.15, -0.1) is 5.10 Å². The monoisotopic (exact) mass is 189 g/mol. The van der Waals surface area contributed by atoms with Crippen LogP contribution >= 0.6 is 0 Å². The number of hydrogen-bond donors (Lipinski definition) is 1. The van der Waals surface area contributed by atoms with Gasteiger partial charge in [0, 0.05) is 20.3 Å². The lowest BCUT2D eigenvalue weighted by atomic mass is 10.3. The second kappa shape index (κ2) is 3.45. The number of aromatic nitrogens is 4. The molecule has 0 aromatic carbocycles. The van der Waals surface area contributed by atoms with Gasteiger partial charge in [-0.3, -0.25) is 4.98 Å². The van der Waals surface area contributed by atoms with Gasteiger partial charge < -0.3 is 5.32 Å². The van der Waals surface area contributed by atoms with Crippen molar-refractivity contribution in [3.63, 3.8) is 0 Å². The van der Waals surface area contributed by atoms with Crippen molar-refractivity contribution in [1.29, 1.82) is 0 Å². The molecular weight excluding hydrogens is 178 g/mol. The van der Waals surface area contributed by atoms with E-state index in [9.17, 15) is 0 Å². The molecule has 0 aliphatic heterocycles. The third-order valence-electron chi connectivity index (χ3n) is 1.88. The molecule has 72 valence electrons. The number of nitrogens with zero attached hydrogens (tertiary/aromatic N) is 4. The molecule has 1 N–H and O–H groups in total. The Bertz CT molecular complexity index is 420. The summed E-state index contributed by atoms with van der Waals surface area (Å²) in [6.45, 7) is 0. The molecule has 0 saturated heterocycles. The zero-order valence-electron chi connectivity index (χ0n) is 8.10. The molecule has 0 radical (unpaired) electrons. The van der Waals surface area contributed by atoms with Crippen molar-refractivity contribution in [2.24, 2.45) is 7.05 Å². The molecule has 0 bridgehead atoms. The van der Waals surface area contributed by atoms with Gasteiger partial charge in [-0.1, -0.05) is 6.07 Å². The highest BCUT2D eigenvalue weighted by atomic mass is 15.4. The van der Waals surface area contributed by atoms with Crippen LogP contribution in [0.3, 0.4) is 0 Å². The van der Waals surface area contributed by atoms with Gasteiger partial charge in [-0.05, 0) is 12.1 Å². The van der Waals surface area contributed by atoms with Crippen molar-refractivity contribution in [2.45, 2.75) is 0 Å². The number of hydrogen-bond acceptors (Lipinski definition) is 4. The van der Waals surface area contributed by atoms with E-state index in [-0.39, 0.29) is 0 Å². The summed E-state index contributed by atoms with van der Waals surface area (Å²) in [5.74, 6) is 1.36. The maximum Gasteiger partial charge on any atom is 0.221 e. The quantitative estimate of drug-likeness (QED) is 0.763. The van der Waals surface area contributed by atoms with Crippen LogP contribution in [0.15, 0.2) is 24.4 Å². The van der Waals surface area contributed by atoms with E-state index in [1.54, 1.807) is 10.9 Å². The Kier molecular flexibility index (Phi) is 2.14. The SMILES string of the molecule is CNc1nc(-c2ccccn2)nn1C. The largest absolute Gasteiger partial charge is 0.357 e. The lowest BCUT2D eigenvalue weighted by Crippen LogP contribution is -1.98. The fraction of sp³-hybridized carbons (Fsp3) is 0.222. The number of aryl methyl sites for hydroxylation is 1. The molecule has 5 heteroatoms. The lowest BCUT2D eigenvalue weighted by Gasteiger charge is -1.93. The van der Waals surface area contributed by atoms with Crippen molar-refractivity contribution in [2.75, 3.05) is 12.4 Å². The Morgan fingerprint density at radius 2 is 2.21 bits per heavy atom. The maximum absolute atomic E-state index is 4.28. The first-order valence-corrected chi connectivity index (χ1v) is 4.31. The molecule has 14 heavy (non-hydrogen) atoms. The van der Waals surface area contributed by atoms with Crippen molar-refractivity contribution in [1.82, 2.24) is 19.7 Å². The van der Waals surface area contributed by atoms with Gasteiger partial charge in [0.15, 0.2) is 0 Å². The van der Waals surface area contributed by atoms with E-state index in [4.69, 9.17) is 0 Å². The van der Waals surface area contributed by atoms with Crippen LogP contribution in [0, 0.1) is 0 Å². The van der Waals surface area contributed by atoms with Crippen molar-refractivity contribution >= 4 is 5.95 Å². The topological polar surface area (TPSA) is 55.6 Å². The van der Waals surface area contributed by atoms with Crippen LogP contribution in [0.1, 0.15) is 0 Å². The van der Waals surface area contributed by atoms with Gasteiger partial charge in [0.2, 0.25) is 11.8 Å². The zero-order chi connectivity index (χ0) is 9.97. The molecule has 2 aromatic heterocycles. The lowest BCUT2D eigenvalue weighted by molar-refractivity contribution is 0.775. The van der Waals surface area contributed by atoms with E-state index in [1.807, 2.05) is 32.3 Å². The van der Waals surface area contributed by atoms with Gasteiger partial charge in [0.1, 0.15) is 5.69 Å². The summed E-state index contributed by atoms with van der Waals surface area (Å²) in [5.41, 5.74) is 0.782. The minimum absolute atomic E-state index is 0.637. The summed E-state index contributed by atoms with van der Waals surface area (Å²) in [6, 6.07) is 5.66. The molecule has 5 nitrogen and oxygen atoms in total. The van der Waals surface area contributed by atoms with Gasteiger partial charge in [-0.2, -0.15) is 4.98 Å². The van der Waals surface area contributed by atoms with E-state index < -0.39 is 0 Å². The van der Waals surface area contributed by atoms with Gasteiger partial charge in [0.25, 0.3) is 0 Å². The van der Waals surface area contributed by atoms with E-state index in [1.165, 1.54) is 0 Å². The minimum Gasteiger partial charge on any atom is -0.357 e. The molecule has 2 heterocycles. The Balaban J connectivity index is 2.43. The summed E-state index contributed by atoms with van der Waals surface area (Å²) < 4.78 is 1.68. The van der Waals surface area contributed by atoms with E-state index in [0.717, 1.165) is 11.6 Å². The molecule has 0 amide bonds. The molecule has 0 spiro atoms. The smallest absolute Gasteiger partial charge is 0.221 e. The number of pyridine rings is 1. The summed E-state index contributed by atoms with van der Waals surface area (Å²) in [6.07, 6.45) is 1.73. The molecule has 0 atom stereocenters. The van der Waals surface area contributed by atoms with Crippen LogP contribution in [0.4, 0.5) is 5.95 Å². The average Bonchev–Trinajstić information content (AvgIpc) is 2.61. The number of rotatable bonds is 2. The fourth-order valence-corrected chi connectivity index (χ4v) is 1.21. The Morgan fingerprint density at radius 3 is 2.79 bits per heavy atom. The predicted molar refractivity (Wildman–Crippen MR) is 53.8 cm³/mol. The van der Waals surface area contributed by atoms with Crippen LogP contribution in [0.5, 0.6) is 0 Å². The molecule has 0 aliphatic carbocycles. The number of nitrogens with one attached hydrogen (secondary N) is 1. The summed E-state index contributed by atoms with van der Waals surface area (Å²) in [4.78, 5) is 8.45. The number of anilines is 1. The second-order valence-electron chi connectivity index (χ2n) is 2.85. The predicted octanol–water partition coefficient (Wildman–Crippen LogP) is 0.919. The van der Waals surface area contributed by atoms with Crippen LogP contribution in [-0.4, -0.2) is 26.8 Å². The highest BCUT2D eigenvalue weighted by Gasteiger charge is 2.07. The zero-order valence-corrected chi connectivity index (χ0v) is 8.10.